The Morgan fingerprint density at radius 3 is 2.48 bits per heavy atom. The lowest BCUT2D eigenvalue weighted by molar-refractivity contribution is 0.102. The Balaban J connectivity index is 1.49. The van der Waals surface area contributed by atoms with Crippen LogP contribution < -0.4 is 10.6 Å². The van der Waals surface area contributed by atoms with Crippen LogP contribution in [0.5, 0.6) is 0 Å². The van der Waals surface area contributed by atoms with Crippen molar-refractivity contribution in [3.8, 4) is 0 Å². The zero-order chi connectivity index (χ0) is 22.0. The van der Waals surface area contributed by atoms with Crippen LogP contribution in [-0.4, -0.2) is 20.9 Å². The second kappa shape index (κ2) is 8.88. The van der Waals surface area contributed by atoms with Crippen LogP contribution >= 0.6 is 23.2 Å². The van der Waals surface area contributed by atoms with E-state index in [0.29, 0.717) is 22.2 Å². The van der Waals surface area contributed by atoms with Gasteiger partial charge in [0.25, 0.3) is 5.91 Å². The number of nitrogens with one attached hydrogen (secondary N) is 2. The number of rotatable bonds is 5. The summed E-state index contributed by atoms with van der Waals surface area (Å²) in [5.74, 6) is 0.430. The first kappa shape index (κ1) is 21.0. The maximum Gasteiger partial charge on any atom is 0.257 e. The number of fused-ring (bicyclic) bond motifs is 1. The van der Waals surface area contributed by atoms with Crippen molar-refractivity contribution in [3.05, 3.63) is 87.9 Å². The highest BCUT2D eigenvalue weighted by molar-refractivity contribution is 6.29. The molecule has 0 saturated heterocycles. The quantitative estimate of drug-likeness (QED) is 0.284. The molecule has 0 spiro atoms. The monoisotopic (exact) mass is 451 g/mol. The maximum absolute atomic E-state index is 12.3. The molecule has 1 unspecified atom stereocenters. The minimum atomic E-state index is -0.249. The van der Waals surface area contributed by atoms with Crippen molar-refractivity contribution in [3.63, 3.8) is 0 Å². The molecule has 0 fully saturated rings. The molecule has 0 radical (unpaired) electrons. The maximum atomic E-state index is 12.3. The van der Waals surface area contributed by atoms with Gasteiger partial charge < -0.3 is 10.6 Å². The number of halogens is 2. The standard InChI is InChI=1S/C23H19Cl2N5O/c1-13-3-9-19-18(11-13)21(30-23(25)29-19)27-14(2)15-4-7-17(8-5-15)28-22(31)16-6-10-20(24)26-12-16/h3-12,14H,1-2H3,(H,28,31)(H,27,29,30). The SMILES string of the molecule is Cc1ccc2nc(Cl)nc(NC(C)c3ccc(NC(=O)c4ccc(Cl)nc4)cc3)c2c1. The molecule has 1 atom stereocenters. The molecule has 0 aliphatic heterocycles. The third-order valence-corrected chi connectivity index (χ3v) is 5.23. The highest BCUT2D eigenvalue weighted by Crippen LogP contribution is 2.27. The molecule has 4 rings (SSSR count). The van der Waals surface area contributed by atoms with E-state index in [1.165, 1.54) is 6.20 Å². The van der Waals surface area contributed by atoms with Crippen LogP contribution in [0.25, 0.3) is 10.9 Å². The third-order valence-electron chi connectivity index (χ3n) is 4.84. The summed E-state index contributed by atoms with van der Waals surface area (Å²) < 4.78 is 0. The van der Waals surface area contributed by atoms with Crippen molar-refractivity contribution in [2.75, 3.05) is 10.6 Å². The number of amides is 1. The lowest BCUT2D eigenvalue weighted by Crippen LogP contribution is -2.12. The molecule has 0 saturated carbocycles. The number of nitrogens with zero attached hydrogens (tertiary/aromatic N) is 3. The predicted octanol–water partition coefficient (Wildman–Crippen LogP) is 6.07. The van der Waals surface area contributed by atoms with Crippen LogP contribution in [0.3, 0.4) is 0 Å². The molecule has 0 bridgehead atoms. The van der Waals surface area contributed by atoms with Gasteiger partial charge in [-0.25, -0.2) is 15.0 Å². The summed E-state index contributed by atoms with van der Waals surface area (Å²) in [7, 11) is 0. The number of hydrogen-bond donors (Lipinski definition) is 2. The first-order valence-corrected chi connectivity index (χ1v) is 10.4. The highest BCUT2D eigenvalue weighted by atomic mass is 35.5. The smallest absolute Gasteiger partial charge is 0.257 e. The fourth-order valence-corrected chi connectivity index (χ4v) is 3.47. The van der Waals surface area contributed by atoms with Gasteiger partial charge in [-0.05, 0) is 67.4 Å². The van der Waals surface area contributed by atoms with E-state index >= 15 is 0 Å². The lowest BCUT2D eigenvalue weighted by atomic mass is 10.1. The molecular formula is C23H19Cl2N5O. The molecular weight excluding hydrogens is 433 g/mol. The van der Waals surface area contributed by atoms with Crippen molar-refractivity contribution >= 4 is 51.5 Å². The average Bonchev–Trinajstić information content (AvgIpc) is 2.75. The second-order valence-electron chi connectivity index (χ2n) is 7.17. The minimum Gasteiger partial charge on any atom is -0.363 e. The number of hydrogen-bond acceptors (Lipinski definition) is 5. The molecule has 1 amide bonds. The van der Waals surface area contributed by atoms with E-state index in [4.69, 9.17) is 23.2 Å². The molecule has 0 aliphatic carbocycles. The fourth-order valence-electron chi connectivity index (χ4n) is 3.18. The third kappa shape index (κ3) is 4.93. The van der Waals surface area contributed by atoms with Gasteiger partial charge in [0.15, 0.2) is 0 Å². The summed E-state index contributed by atoms with van der Waals surface area (Å²) in [6.45, 7) is 4.05. The van der Waals surface area contributed by atoms with Crippen LogP contribution in [0.4, 0.5) is 11.5 Å². The van der Waals surface area contributed by atoms with Crippen molar-refractivity contribution in [2.24, 2.45) is 0 Å². The van der Waals surface area contributed by atoms with Crippen molar-refractivity contribution < 1.29 is 4.79 Å². The largest absolute Gasteiger partial charge is 0.363 e. The molecule has 156 valence electrons. The summed E-state index contributed by atoms with van der Waals surface area (Å²) in [4.78, 5) is 24.9. The number of pyridine rings is 1. The van der Waals surface area contributed by atoms with E-state index < -0.39 is 0 Å². The Bertz CT molecular complexity index is 1240. The number of carbonyl (C=O) groups is 1. The Hall–Kier alpha value is -3.22. The first-order chi connectivity index (χ1) is 14.9. The van der Waals surface area contributed by atoms with Crippen molar-refractivity contribution in [1.82, 2.24) is 15.0 Å². The molecule has 2 N–H and O–H groups in total. The molecule has 8 heteroatoms. The zero-order valence-corrected chi connectivity index (χ0v) is 18.4. The van der Waals surface area contributed by atoms with E-state index in [1.54, 1.807) is 12.1 Å². The molecule has 0 aliphatic rings. The van der Waals surface area contributed by atoms with E-state index in [-0.39, 0.29) is 17.2 Å². The van der Waals surface area contributed by atoms with Gasteiger partial charge in [-0.1, -0.05) is 35.4 Å². The van der Waals surface area contributed by atoms with E-state index in [2.05, 4.69) is 25.6 Å². The van der Waals surface area contributed by atoms with Gasteiger partial charge in [-0.15, -0.1) is 0 Å². The lowest BCUT2D eigenvalue weighted by Gasteiger charge is -2.17. The normalized spacial score (nSPS) is 11.9. The highest BCUT2D eigenvalue weighted by Gasteiger charge is 2.12. The van der Waals surface area contributed by atoms with Gasteiger partial charge in [-0.2, -0.15) is 0 Å². The van der Waals surface area contributed by atoms with E-state index in [0.717, 1.165) is 22.0 Å². The van der Waals surface area contributed by atoms with Crippen molar-refractivity contribution in [1.29, 1.82) is 0 Å². The van der Waals surface area contributed by atoms with Gasteiger partial charge in [0, 0.05) is 23.3 Å². The average molecular weight is 452 g/mol. The molecule has 2 aromatic carbocycles. The minimum absolute atomic E-state index is 0.0418. The topological polar surface area (TPSA) is 79.8 Å². The van der Waals surface area contributed by atoms with Crippen LogP contribution in [0, 0.1) is 6.92 Å². The number of anilines is 2. The zero-order valence-electron chi connectivity index (χ0n) is 16.9. The Morgan fingerprint density at radius 1 is 1.00 bits per heavy atom. The molecule has 2 heterocycles. The molecule has 31 heavy (non-hydrogen) atoms. The summed E-state index contributed by atoms with van der Waals surface area (Å²) in [6.07, 6.45) is 1.44. The first-order valence-electron chi connectivity index (χ1n) is 9.62. The molecule has 2 aromatic heterocycles. The Morgan fingerprint density at radius 2 is 1.77 bits per heavy atom. The Labute approximate surface area is 189 Å². The fraction of sp³-hybridized carbons (Fsp3) is 0.130. The Kier molecular flexibility index (Phi) is 6.02. The van der Waals surface area contributed by atoms with E-state index in [1.807, 2.05) is 56.3 Å². The van der Waals surface area contributed by atoms with E-state index in [9.17, 15) is 4.79 Å². The van der Waals surface area contributed by atoms with Crippen molar-refractivity contribution in [2.45, 2.75) is 19.9 Å². The number of carbonyl (C=O) groups excluding carboxylic acids is 1. The summed E-state index contributed by atoms with van der Waals surface area (Å²) >= 11 is 11.9. The van der Waals surface area contributed by atoms with Crippen LogP contribution in [-0.2, 0) is 0 Å². The number of aromatic nitrogens is 3. The second-order valence-corrected chi connectivity index (χ2v) is 7.90. The summed E-state index contributed by atoms with van der Waals surface area (Å²) in [5, 5.41) is 7.72. The van der Waals surface area contributed by atoms with Gasteiger partial charge in [0.2, 0.25) is 5.28 Å². The van der Waals surface area contributed by atoms with Crippen LogP contribution in [0.2, 0.25) is 10.4 Å². The van der Waals surface area contributed by atoms with Crippen LogP contribution in [0.15, 0.2) is 60.8 Å². The van der Waals surface area contributed by atoms with Gasteiger partial charge in [0.05, 0.1) is 11.1 Å². The van der Waals surface area contributed by atoms with Gasteiger partial charge in [-0.3, -0.25) is 4.79 Å². The van der Waals surface area contributed by atoms with Gasteiger partial charge >= 0.3 is 0 Å². The summed E-state index contributed by atoms with van der Waals surface area (Å²) in [6, 6.07) is 16.7. The predicted molar refractivity (Wildman–Crippen MR) is 125 cm³/mol. The summed E-state index contributed by atoms with van der Waals surface area (Å²) in [5.41, 5.74) is 4.05. The number of benzene rings is 2. The molecule has 4 aromatic rings. The van der Waals surface area contributed by atoms with Crippen LogP contribution in [0.1, 0.15) is 34.5 Å². The number of aryl methyl sites for hydroxylation is 1. The van der Waals surface area contributed by atoms with Gasteiger partial charge in [0.1, 0.15) is 11.0 Å². The molecule has 6 nitrogen and oxygen atoms in total.